The molecule has 0 fully saturated rings. The van der Waals surface area contributed by atoms with Crippen molar-refractivity contribution >= 4 is 11.7 Å². The van der Waals surface area contributed by atoms with Crippen LogP contribution in [0.3, 0.4) is 0 Å². The Labute approximate surface area is 145 Å². The quantitative estimate of drug-likeness (QED) is 0.554. The van der Waals surface area contributed by atoms with Crippen molar-refractivity contribution in [2.24, 2.45) is 5.10 Å². The second kappa shape index (κ2) is 7.44. The molecule has 3 rings (SSSR count). The Morgan fingerprint density at radius 3 is 2.52 bits per heavy atom. The number of ether oxygens (including phenoxy) is 1. The fraction of sp³-hybridized carbons (Fsp3) is 0.105. The second-order valence-electron chi connectivity index (χ2n) is 5.38. The molecule has 0 radical (unpaired) electrons. The number of hydrogen-bond acceptors (Lipinski definition) is 5. The van der Waals surface area contributed by atoms with Crippen LogP contribution in [0.25, 0.3) is 11.3 Å². The smallest absolute Gasteiger partial charge is 0.252 e. The molecule has 0 bridgehead atoms. The van der Waals surface area contributed by atoms with Crippen LogP contribution in [0.5, 0.6) is 5.75 Å². The fourth-order valence-corrected chi connectivity index (χ4v) is 2.30. The third-order valence-corrected chi connectivity index (χ3v) is 3.65. The van der Waals surface area contributed by atoms with Crippen LogP contribution in [-0.4, -0.2) is 22.8 Å². The maximum Gasteiger partial charge on any atom is 0.252 e. The first-order valence-corrected chi connectivity index (χ1v) is 7.77. The van der Waals surface area contributed by atoms with E-state index in [9.17, 15) is 4.79 Å². The summed E-state index contributed by atoms with van der Waals surface area (Å²) < 4.78 is 5.14. The van der Waals surface area contributed by atoms with Crippen LogP contribution < -0.4 is 15.7 Å². The van der Waals surface area contributed by atoms with Crippen LogP contribution in [0.2, 0.25) is 0 Å². The monoisotopic (exact) mass is 334 g/mol. The van der Waals surface area contributed by atoms with E-state index in [1.165, 1.54) is 6.07 Å². The summed E-state index contributed by atoms with van der Waals surface area (Å²) in [5.74, 6) is 1.07. The van der Waals surface area contributed by atoms with Gasteiger partial charge in [0.05, 0.1) is 18.5 Å². The van der Waals surface area contributed by atoms with E-state index < -0.39 is 0 Å². The molecule has 1 aromatic heterocycles. The van der Waals surface area contributed by atoms with Gasteiger partial charge in [-0.2, -0.15) is 5.10 Å². The van der Waals surface area contributed by atoms with Gasteiger partial charge < -0.3 is 4.74 Å². The summed E-state index contributed by atoms with van der Waals surface area (Å²) in [5.41, 5.74) is 5.73. The van der Waals surface area contributed by atoms with E-state index in [1.807, 2.05) is 61.5 Å². The van der Waals surface area contributed by atoms with Gasteiger partial charge in [0.25, 0.3) is 5.56 Å². The maximum atomic E-state index is 11.9. The number of nitrogens with one attached hydrogen (secondary N) is 2. The minimum absolute atomic E-state index is 0.242. The Morgan fingerprint density at radius 1 is 1.12 bits per heavy atom. The predicted molar refractivity (Wildman–Crippen MR) is 99.1 cm³/mol. The first-order valence-electron chi connectivity index (χ1n) is 7.77. The van der Waals surface area contributed by atoms with Crippen LogP contribution in [0.1, 0.15) is 12.5 Å². The molecular formula is C19H18N4O2. The van der Waals surface area contributed by atoms with Gasteiger partial charge in [0.15, 0.2) is 0 Å². The van der Waals surface area contributed by atoms with E-state index in [1.54, 1.807) is 7.11 Å². The van der Waals surface area contributed by atoms with Gasteiger partial charge in [-0.15, -0.1) is 0 Å². The molecule has 0 saturated carbocycles. The van der Waals surface area contributed by atoms with Gasteiger partial charge in [-0.25, -0.2) is 10.4 Å². The van der Waals surface area contributed by atoms with Gasteiger partial charge in [0.1, 0.15) is 5.75 Å². The lowest BCUT2D eigenvalue weighted by Crippen LogP contribution is -2.11. The molecule has 2 N–H and O–H groups in total. The van der Waals surface area contributed by atoms with E-state index in [0.29, 0.717) is 11.6 Å². The van der Waals surface area contributed by atoms with E-state index in [0.717, 1.165) is 22.6 Å². The Morgan fingerprint density at radius 2 is 1.84 bits per heavy atom. The van der Waals surface area contributed by atoms with Crippen LogP contribution in [0.15, 0.2) is 70.6 Å². The largest absolute Gasteiger partial charge is 0.497 e. The molecule has 6 heteroatoms. The molecule has 0 atom stereocenters. The number of anilines is 1. The lowest BCUT2D eigenvalue weighted by Gasteiger charge is -2.06. The molecule has 3 aromatic rings. The highest BCUT2D eigenvalue weighted by Crippen LogP contribution is 2.16. The maximum absolute atomic E-state index is 11.9. The van der Waals surface area contributed by atoms with Gasteiger partial charge in [0, 0.05) is 11.6 Å². The van der Waals surface area contributed by atoms with Crippen molar-refractivity contribution in [1.82, 2.24) is 9.97 Å². The number of nitrogens with zero attached hydrogens (tertiary/aromatic N) is 2. The van der Waals surface area contributed by atoms with Crippen molar-refractivity contribution in [3.05, 3.63) is 76.6 Å². The number of methoxy groups -OCH3 is 1. The van der Waals surface area contributed by atoms with Crippen LogP contribution in [0, 0.1) is 0 Å². The normalized spacial score (nSPS) is 11.2. The summed E-state index contributed by atoms with van der Waals surface area (Å²) in [6.45, 7) is 1.87. The van der Waals surface area contributed by atoms with Gasteiger partial charge in [0.2, 0.25) is 5.95 Å². The van der Waals surface area contributed by atoms with Gasteiger partial charge in [-0.1, -0.05) is 30.3 Å². The van der Waals surface area contributed by atoms with Gasteiger partial charge >= 0.3 is 0 Å². The number of aromatic nitrogens is 2. The predicted octanol–water partition coefficient (Wildman–Crippen LogP) is 3.28. The topological polar surface area (TPSA) is 79.4 Å². The third kappa shape index (κ3) is 4.11. The van der Waals surface area contributed by atoms with E-state index >= 15 is 0 Å². The number of hydrazone groups is 1. The summed E-state index contributed by atoms with van der Waals surface area (Å²) in [5, 5.41) is 4.29. The number of aromatic amines is 1. The minimum Gasteiger partial charge on any atom is -0.497 e. The highest BCUT2D eigenvalue weighted by Gasteiger charge is 2.04. The Kier molecular flexibility index (Phi) is 4.89. The van der Waals surface area contributed by atoms with Crippen molar-refractivity contribution in [3.8, 4) is 17.0 Å². The van der Waals surface area contributed by atoms with Crippen molar-refractivity contribution < 1.29 is 4.74 Å². The molecule has 0 aliphatic carbocycles. The molecule has 0 unspecified atom stereocenters. The van der Waals surface area contributed by atoms with Crippen molar-refractivity contribution in [1.29, 1.82) is 0 Å². The average molecular weight is 334 g/mol. The average Bonchev–Trinajstić information content (AvgIpc) is 2.66. The molecule has 2 aromatic carbocycles. The van der Waals surface area contributed by atoms with Crippen LogP contribution >= 0.6 is 0 Å². The molecule has 1 heterocycles. The molecule has 25 heavy (non-hydrogen) atoms. The zero-order chi connectivity index (χ0) is 17.6. The number of benzene rings is 2. The Bertz CT molecular complexity index is 932. The van der Waals surface area contributed by atoms with Crippen molar-refractivity contribution in [2.45, 2.75) is 6.92 Å². The molecule has 0 saturated heterocycles. The van der Waals surface area contributed by atoms with Crippen LogP contribution in [0.4, 0.5) is 5.95 Å². The summed E-state index contributed by atoms with van der Waals surface area (Å²) in [7, 11) is 1.62. The lowest BCUT2D eigenvalue weighted by atomic mass is 10.1. The van der Waals surface area contributed by atoms with Gasteiger partial charge in [-0.05, 0) is 36.8 Å². The molecular weight excluding hydrogens is 316 g/mol. The summed E-state index contributed by atoms with van der Waals surface area (Å²) in [6.07, 6.45) is 0. The molecule has 126 valence electrons. The second-order valence-corrected chi connectivity index (χ2v) is 5.38. The summed E-state index contributed by atoms with van der Waals surface area (Å²) >= 11 is 0. The molecule has 0 amide bonds. The minimum atomic E-state index is -0.242. The first-order chi connectivity index (χ1) is 12.2. The zero-order valence-electron chi connectivity index (χ0n) is 14.0. The highest BCUT2D eigenvalue weighted by atomic mass is 16.5. The Hall–Kier alpha value is -3.41. The highest BCUT2D eigenvalue weighted by molar-refractivity contribution is 5.99. The first kappa shape index (κ1) is 16.4. The SMILES string of the molecule is COc1ccc(C(C)=NNc2nc(-c3ccccc3)cc(=O)[nH]2)cc1. The molecule has 0 aliphatic heterocycles. The van der Waals surface area contributed by atoms with E-state index in [2.05, 4.69) is 20.5 Å². The van der Waals surface area contributed by atoms with Crippen molar-refractivity contribution in [2.75, 3.05) is 12.5 Å². The lowest BCUT2D eigenvalue weighted by molar-refractivity contribution is 0.415. The van der Waals surface area contributed by atoms with E-state index in [4.69, 9.17) is 4.74 Å². The van der Waals surface area contributed by atoms with Gasteiger partial charge in [-0.3, -0.25) is 9.78 Å². The van der Waals surface area contributed by atoms with E-state index in [-0.39, 0.29) is 5.56 Å². The summed E-state index contributed by atoms with van der Waals surface area (Å²) in [6, 6.07) is 18.5. The van der Waals surface area contributed by atoms with Crippen LogP contribution in [-0.2, 0) is 0 Å². The molecule has 6 nitrogen and oxygen atoms in total. The van der Waals surface area contributed by atoms with Crippen molar-refractivity contribution in [3.63, 3.8) is 0 Å². The zero-order valence-corrected chi connectivity index (χ0v) is 14.0. The fourth-order valence-electron chi connectivity index (χ4n) is 2.30. The standard InChI is InChI=1S/C19H18N4O2/c1-13(14-8-10-16(25-2)11-9-14)22-23-19-20-17(12-18(24)21-19)15-6-4-3-5-7-15/h3-12H,1-2H3,(H2,20,21,23,24). The number of rotatable bonds is 5. The third-order valence-electron chi connectivity index (χ3n) is 3.65. The Balaban J connectivity index is 1.82. The molecule has 0 spiro atoms. The molecule has 0 aliphatic rings. The summed E-state index contributed by atoms with van der Waals surface area (Å²) in [4.78, 5) is 18.9. The number of H-pyrrole nitrogens is 1. The number of hydrogen-bond donors (Lipinski definition) is 2.